The molecule has 1 aliphatic carbocycles. The summed E-state index contributed by atoms with van der Waals surface area (Å²) in [4.78, 5) is 11.1. The van der Waals surface area contributed by atoms with Crippen LogP contribution < -0.4 is 11.1 Å². The van der Waals surface area contributed by atoms with Crippen LogP contribution in [0.5, 0.6) is 0 Å². The molecule has 0 aromatic carbocycles. The van der Waals surface area contributed by atoms with Crippen molar-refractivity contribution in [3.8, 4) is 0 Å². The van der Waals surface area contributed by atoms with E-state index in [-0.39, 0.29) is 30.5 Å². The molecule has 4 nitrogen and oxygen atoms in total. The van der Waals surface area contributed by atoms with Gasteiger partial charge in [0.1, 0.15) is 0 Å². The molecule has 1 saturated carbocycles. The summed E-state index contributed by atoms with van der Waals surface area (Å²) in [5.74, 6) is -0.00749. The molecule has 0 heterocycles. The van der Waals surface area contributed by atoms with Gasteiger partial charge in [-0.25, -0.2) is 0 Å². The van der Waals surface area contributed by atoms with Crippen molar-refractivity contribution in [2.45, 2.75) is 51.1 Å². The zero-order valence-electron chi connectivity index (χ0n) is 9.41. The molecule has 0 aromatic heterocycles. The minimum atomic E-state index is -0.292. The molecule has 1 fully saturated rings. The Kier molecular flexibility index (Phi) is 5.05. The van der Waals surface area contributed by atoms with Crippen LogP contribution in [0.15, 0.2) is 0 Å². The number of aliphatic hydroxyl groups is 1. The first kappa shape index (κ1) is 12.5. The third kappa shape index (κ3) is 3.47. The lowest BCUT2D eigenvalue weighted by Gasteiger charge is -2.33. The van der Waals surface area contributed by atoms with Gasteiger partial charge in [-0.2, -0.15) is 0 Å². The first-order chi connectivity index (χ1) is 7.19. The largest absolute Gasteiger partial charge is 0.396 e. The van der Waals surface area contributed by atoms with Crippen molar-refractivity contribution >= 4 is 5.91 Å². The maximum Gasteiger partial charge on any atom is 0.234 e. The van der Waals surface area contributed by atoms with Gasteiger partial charge in [0.15, 0.2) is 0 Å². The highest BCUT2D eigenvalue weighted by molar-refractivity contribution is 5.79. The van der Waals surface area contributed by atoms with Gasteiger partial charge in [-0.3, -0.25) is 4.79 Å². The lowest BCUT2D eigenvalue weighted by Crippen LogP contribution is -2.50. The molecule has 3 atom stereocenters. The lowest BCUT2D eigenvalue weighted by molar-refractivity contribution is -0.120. The summed E-state index contributed by atoms with van der Waals surface area (Å²) in [5.41, 5.74) is 5.29. The van der Waals surface area contributed by atoms with Crippen LogP contribution in [0.4, 0.5) is 0 Å². The van der Waals surface area contributed by atoms with Crippen molar-refractivity contribution in [1.29, 1.82) is 0 Å². The molecule has 0 bridgehead atoms. The predicted molar refractivity (Wildman–Crippen MR) is 59.2 cm³/mol. The highest BCUT2D eigenvalue weighted by Gasteiger charge is 2.27. The van der Waals surface area contributed by atoms with Crippen LogP contribution in [0, 0.1) is 5.92 Å². The Morgan fingerprint density at radius 1 is 1.53 bits per heavy atom. The second-order valence-corrected chi connectivity index (χ2v) is 4.36. The van der Waals surface area contributed by atoms with Crippen molar-refractivity contribution in [2.24, 2.45) is 11.7 Å². The van der Waals surface area contributed by atoms with Gasteiger partial charge in [-0.1, -0.05) is 19.8 Å². The van der Waals surface area contributed by atoms with E-state index in [1.54, 1.807) is 0 Å². The van der Waals surface area contributed by atoms with Crippen LogP contribution in [0.1, 0.15) is 39.0 Å². The number of hydrogen-bond donors (Lipinski definition) is 3. The summed E-state index contributed by atoms with van der Waals surface area (Å²) in [6, 6.07) is 0.00310. The van der Waals surface area contributed by atoms with Crippen molar-refractivity contribution in [3.63, 3.8) is 0 Å². The quantitative estimate of drug-likeness (QED) is 0.619. The Morgan fingerprint density at radius 2 is 2.20 bits per heavy atom. The third-order valence-electron chi connectivity index (χ3n) is 3.31. The molecule has 1 aliphatic rings. The number of hydrogen-bond acceptors (Lipinski definition) is 3. The van der Waals surface area contributed by atoms with E-state index in [9.17, 15) is 9.90 Å². The molecule has 0 saturated heterocycles. The minimum absolute atomic E-state index is 0.201. The normalized spacial score (nSPS) is 28.7. The SMILES string of the molecule is CCC(NC1CCCCC1CO)C(N)=O. The number of carbonyl (C=O) groups is 1. The number of aliphatic hydroxyl groups excluding tert-OH is 1. The Labute approximate surface area is 91.2 Å². The highest BCUT2D eigenvalue weighted by Crippen LogP contribution is 2.24. The van der Waals surface area contributed by atoms with Gasteiger partial charge in [0.25, 0.3) is 0 Å². The maximum absolute atomic E-state index is 11.1. The van der Waals surface area contributed by atoms with Crippen LogP contribution in [0.2, 0.25) is 0 Å². The average Bonchev–Trinajstić information content (AvgIpc) is 2.25. The smallest absolute Gasteiger partial charge is 0.234 e. The Bertz CT molecular complexity index is 209. The summed E-state index contributed by atoms with van der Waals surface area (Å²) in [6.07, 6.45) is 5.14. The molecule has 0 radical (unpaired) electrons. The topological polar surface area (TPSA) is 75.3 Å². The molecule has 3 unspecified atom stereocenters. The molecule has 4 N–H and O–H groups in total. The zero-order valence-corrected chi connectivity index (χ0v) is 9.41. The summed E-state index contributed by atoms with van der Waals surface area (Å²) < 4.78 is 0. The minimum Gasteiger partial charge on any atom is -0.396 e. The van der Waals surface area contributed by atoms with E-state index in [1.165, 1.54) is 12.8 Å². The standard InChI is InChI=1S/C11H22N2O2/c1-2-9(11(12)15)13-10-6-4-3-5-8(10)7-14/h8-10,13-14H,2-7H2,1H3,(H2,12,15). The Morgan fingerprint density at radius 3 is 2.73 bits per heavy atom. The van der Waals surface area contributed by atoms with Crippen molar-refractivity contribution in [1.82, 2.24) is 5.32 Å². The fourth-order valence-electron chi connectivity index (χ4n) is 2.31. The van der Waals surface area contributed by atoms with E-state index in [4.69, 9.17) is 5.73 Å². The van der Waals surface area contributed by atoms with Gasteiger partial charge in [0, 0.05) is 12.6 Å². The number of rotatable bonds is 5. The molecule has 88 valence electrons. The number of amides is 1. The van der Waals surface area contributed by atoms with E-state index < -0.39 is 0 Å². The number of primary amides is 1. The van der Waals surface area contributed by atoms with Gasteiger partial charge < -0.3 is 16.2 Å². The molecule has 4 heteroatoms. The van der Waals surface area contributed by atoms with Gasteiger partial charge in [0.2, 0.25) is 5.91 Å². The van der Waals surface area contributed by atoms with E-state index in [2.05, 4.69) is 5.32 Å². The van der Waals surface area contributed by atoms with Gasteiger partial charge in [-0.15, -0.1) is 0 Å². The number of nitrogens with one attached hydrogen (secondary N) is 1. The summed E-state index contributed by atoms with van der Waals surface area (Å²) in [6.45, 7) is 2.14. The molecule has 0 spiro atoms. The Hall–Kier alpha value is -0.610. The molecule has 0 aromatic rings. The lowest BCUT2D eigenvalue weighted by atomic mass is 9.84. The number of nitrogens with two attached hydrogens (primary N) is 1. The first-order valence-electron chi connectivity index (χ1n) is 5.85. The van der Waals surface area contributed by atoms with E-state index in [1.807, 2.05) is 6.92 Å². The van der Waals surface area contributed by atoms with Crippen molar-refractivity contribution < 1.29 is 9.90 Å². The maximum atomic E-state index is 11.1. The van der Waals surface area contributed by atoms with E-state index in [0.717, 1.165) is 12.8 Å². The highest BCUT2D eigenvalue weighted by atomic mass is 16.3. The van der Waals surface area contributed by atoms with Crippen molar-refractivity contribution in [3.05, 3.63) is 0 Å². The van der Waals surface area contributed by atoms with Crippen molar-refractivity contribution in [2.75, 3.05) is 6.61 Å². The molecule has 1 rings (SSSR count). The summed E-state index contributed by atoms with van der Waals surface area (Å²) in [5, 5.41) is 12.5. The molecule has 0 aliphatic heterocycles. The second-order valence-electron chi connectivity index (χ2n) is 4.36. The first-order valence-corrected chi connectivity index (χ1v) is 5.85. The van der Waals surface area contributed by atoms with Gasteiger partial charge >= 0.3 is 0 Å². The second kappa shape index (κ2) is 6.08. The Balaban J connectivity index is 2.49. The van der Waals surface area contributed by atoms with Crippen LogP contribution >= 0.6 is 0 Å². The number of carbonyl (C=O) groups excluding carboxylic acids is 1. The zero-order chi connectivity index (χ0) is 11.3. The van der Waals surface area contributed by atoms with Crippen LogP contribution in [-0.2, 0) is 4.79 Å². The van der Waals surface area contributed by atoms with Crippen LogP contribution in [0.3, 0.4) is 0 Å². The average molecular weight is 214 g/mol. The predicted octanol–water partition coefficient (Wildman–Crippen LogP) is 0.391. The van der Waals surface area contributed by atoms with E-state index >= 15 is 0 Å². The molecule has 15 heavy (non-hydrogen) atoms. The molecular formula is C11H22N2O2. The molecular weight excluding hydrogens is 192 g/mol. The monoisotopic (exact) mass is 214 g/mol. The van der Waals surface area contributed by atoms with Crippen LogP contribution in [0.25, 0.3) is 0 Å². The summed E-state index contributed by atoms with van der Waals surface area (Å²) >= 11 is 0. The fourth-order valence-corrected chi connectivity index (χ4v) is 2.31. The summed E-state index contributed by atoms with van der Waals surface area (Å²) in [7, 11) is 0. The van der Waals surface area contributed by atoms with E-state index in [0.29, 0.717) is 6.42 Å². The fraction of sp³-hybridized carbons (Fsp3) is 0.909. The van der Waals surface area contributed by atoms with Gasteiger partial charge in [0.05, 0.1) is 6.04 Å². The van der Waals surface area contributed by atoms with Gasteiger partial charge in [-0.05, 0) is 25.2 Å². The van der Waals surface area contributed by atoms with Crippen LogP contribution in [-0.4, -0.2) is 29.7 Å². The third-order valence-corrected chi connectivity index (χ3v) is 3.31. The molecule has 1 amide bonds.